The maximum absolute atomic E-state index is 14.6. The molecule has 23 heavy (non-hydrogen) atoms. The van der Waals surface area contributed by atoms with Crippen LogP contribution in [-0.2, 0) is 9.53 Å². The molecule has 0 spiro atoms. The summed E-state index contributed by atoms with van der Waals surface area (Å²) in [7, 11) is 1.46. The van der Waals surface area contributed by atoms with Gasteiger partial charge in [0.25, 0.3) is 0 Å². The van der Waals surface area contributed by atoms with Crippen molar-refractivity contribution < 1.29 is 18.7 Å². The first kappa shape index (κ1) is 16.2. The van der Waals surface area contributed by atoms with Crippen molar-refractivity contribution in [2.45, 2.75) is 57.3 Å². The van der Waals surface area contributed by atoms with Crippen molar-refractivity contribution in [2.24, 2.45) is 5.92 Å². The summed E-state index contributed by atoms with van der Waals surface area (Å²) in [5.74, 6) is 0.160. The lowest BCUT2D eigenvalue weighted by molar-refractivity contribution is -0.131. The second kappa shape index (κ2) is 6.87. The standard InChI is InChI=1S/C18H24FNO3/c1-11(21)20-14-10-17(23-15-8-4-3-6-12(14)15)13-7-5-9-16(22-2)18(13)19/h5,7,9,12,14-15,17H,3-4,6,8,10H2,1-2H3,(H,20,21)/t12-,14+,15+,17+/m0/s1. The monoisotopic (exact) mass is 321 g/mol. The van der Waals surface area contributed by atoms with Gasteiger partial charge in [0.2, 0.25) is 5.91 Å². The molecule has 2 fully saturated rings. The minimum atomic E-state index is -0.365. The minimum Gasteiger partial charge on any atom is -0.494 e. The van der Waals surface area contributed by atoms with Crippen LogP contribution in [-0.4, -0.2) is 25.2 Å². The maximum atomic E-state index is 14.6. The van der Waals surface area contributed by atoms with Crippen molar-refractivity contribution in [1.82, 2.24) is 5.32 Å². The number of hydrogen-bond donors (Lipinski definition) is 1. The summed E-state index contributed by atoms with van der Waals surface area (Å²) in [6.07, 6.45) is 4.67. The molecule has 4 nitrogen and oxygen atoms in total. The van der Waals surface area contributed by atoms with Gasteiger partial charge in [-0.1, -0.05) is 25.0 Å². The molecule has 0 radical (unpaired) electrons. The lowest BCUT2D eigenvalue weighted by Gasteiger charge is -2.45. The molecule has 0 aromatic heterocycles. The van der Waals surface area contributed by atoms with Gasteiger partial charge < -0.3 is 14.8 Å². The van der Waals surface area contributed by atoms with Gasteiger partial charge in [-0.3, -0.25) is 4.79 Å². The fourth-order valence-corrected chi connectivity index (χ4v) is 3.99. The van der Waals surface area contributed by atoms with Gasteiger partial charge in [0, 0.05) is 24.4 Å². The zero-order valence-electron chi connectivity index (χ0n) is 13.7. The van der Waals surface area contributed by atoms with Crippen LogP contribution in [0.25, 0.3) is 0 Å². The Balaban J connectivity index is 1.87. The summed E-state index contributed by atoms with van der Waals surface area (Å²) in [5, 5.41) is 3.06. The van der Waals surface area contributed by atoms with Gasteiger partial charge in [-0.25, -0.2) is 4.39 Å². The van der Waals surface area contributed by atoms with Crippen LogP contribution in [0.4, 0.5) is 4.39 Å². The van der Waals surface area contributed by atoms with Crippen LogP contribution in [0.3, 0.4) is 0 Å². The van der Waals surface area contributed by atoms with E-state index in [1.165, 1.54) is 20.5 Å². The van der Waals surface area contributed by atoms with Gasteiger partial charge in [0.05, 0.1) is 19.3 Å². The van der Waals surface area contributed by atoms with E-state index in [0.717, 1.165) is 19.3 Å². The Morgan fingerprint density at radius 1 is 1.35 bits per heavy atom. The van der Waals surface area contributed by atoms with Gasteiger partial charge >= 0.3 is 0 Å². The number of ether oxygens (including phenoxy) is 2. The normalized spacial score (nSPS) is 30.4. The predicted molar refractivity (Wildman–Crippen MR) is 84.7 cm³/mol. The summed E-state index contributed by atoms with van der Waals surface area (Å²) >= 11 is 0. The molecule has 1 saturated carbocycles. The number of nitrogens with one attached hydrogen (secondary N) is 1. The van der Waals surface area contributed by atoms with E-state index in [1.807, 2.05) is 0 Å². The van der Waals surface area contributed by atoms with Gasteiger partial charge in [-0.2, -0.15) is 0 Å². The third-order valence-corrected chi connectivity index (χ3v) is 5.03. The molecule has 1 saturated heterocycles. The number of amides is 1. The average Bonchev–Trinajstić information content (AvgIpc) is 2.54. The van der Waals surface area contributed by atoms with Crippen LogP contribution in [0.2, 0.25) is 0 Å². The number of methoxy groups -OCH3 is 1. The highest BCUT2D eigenvalue weighted by atomic mass is 19.1. The van der Waals surface area contributed by atoms with E-state index in [2.05, 4.69) is 5.32 Å². The zero-order valence-corrected chi connectivity index (χ0v) is 13.7. The Kier molecular flexibility index (Phi) is 4.85. The molecule has 1 aliphatic carbocycles. The second-order valence-corrected chi connectivity index (χ2v) is 6.52. The highest BCUT2D eigenvalue weighted by Gasteiger charge is 2.41. The van der Waals surface area contributed by atoms with E-state index in [1.54, 1.807) is 18.2 Å². The van der Waals surface area contributed by atoms with E-state index in [4.69, 9.17) is 9.47 Å². The van der Waals surface area contributed by atoms with Gasteiger partial charge in [-0.15, -0.1) is 0 Å². The Bertz CT molecular complexity index is 577. The number of carbonyl (C=O) groups is 1. The Hall–Kier alpha value is -1.62. The SMILES string of the molecule is COc1cccc([C@H]2C[C@@H](NC(C)=O)[C@@H]3CCCC[C@H]3O2)c1F. The number of fused-ring (bicyclic) bond motifs is 1. The first-order valence-corrected chi connectivity index (χ1v) is 8.35. The lowest BCUT2D eigenvalue weighted by atomic mass is 9.76. The number of rotatable bonds is 3. The molecule has 1 aromatic carbocycles. The van der Waals surface area contributed by atoms with E-state index in [9.17, 15) is 9.18 Å². The molecule has 4 atom stereocenters. The number of halogens is 1. The van der Waals surface area contributed by atoms with Crippen molar-refractivity contribution in [3.05, 3.63) is 29.6 Å². The number of benzene rings is 1. The van der Waals surface area contributed by atoms with Gasteiger partial charge in [0.1, 0.15) is 0 Å². The Morgan fingerprint density at radius 3 is 2.87 bits per heavy atom. The molecular weight excluding hydrogens is 297 g/mol. The third kappa shape index (κ3) is 3.34. The van der Waals surface area contributed by atoms with Crippen molar-refractivity contribution in [2.75, 3.05) is 7.11 Å². The van der Waals surface area contributed by atoms with Crippen molar-refractivity contribution in [3.8, 4) is 5.75 Å². The molecule has 5 heteroatoms. The van der Waals surface area contributed by atoms with E-state index < -0.39 is 0 Å². The fourth-order valence-electron chi connectivity index (χ4n) is 3.99. The van der Waals surface area contributed by atoms with Crippen molar-refractivity contribution in [3.63, 3.8) is 0 Å². The van der Waals surface area contributed by atoms with E-state index >= 15 is 0 Å². The first-order valence-electron chi connectivity index (χ1n) is 8.35. The molecule has 1 heterocycles. The Morgan fingerprint density at radius 2 is 2.13 bits per heavy atom. The van der Waals surface area contributed by atoms with E-state index in [0.29, 0.717) is 17.9 Å². The van der Waals surface area contributed by atoms with Crippen LogP contribution >= 0.6 is 0 Å². The van der Waals surface area contributed by atoms with Crippen LogP contribution in [0.15, 0.2) is 18.2 Å². The zero-order chi connectivity index (χ0) is 16.4. The third-order valence-electron chi connectivity index (χ3n) is 5.03. The van der Waals surface area contributed by atoms with Gasteiger partial charge in [0.15, 0.2) is 11.6 Å². The highest BCUT2D eigenvalue weighted by molar-refractivity contribution is 5.73. The van der Waals surface area contributed by atoms with Crippen LogP contribution in [0.5, 0.6) is 5.75 Å². The molecule has 0 bridgehead atoms. The molecule has 2 aliphatic rings. The number of carbonyl (C=O) groups excluding carboxylic acids is 1. The summed E-state index contributed by atoms with van der Waals surface area (Å²) in [4.78, 5) is 11.6. The molecule has 1 N–H and O–H groups in total. The number of hydrogen-bond acceptors (Lipinski definition) is 3. The largest absolute Gasteiger partial charge is 0.494 e. The minimum absolute atomic E-state index is 0.0360. The Labute approximate surface area is 136 Å². The van der Waals surface area contributed by atoms with Crippen LogP contribution in [0, 0.1) is 11.7 Å². The van der Waals surface area contributed by atoms with Crippen LogP contribution < -0.4 is 10.1 Å². The van der Waals surface area contributed by atoms with Crippen molar-refractivity contribution in [1.29, 1.82) is 0 Å². The second-order valence-electron chi connectivity index (χ2n) is 6.52. The molecular formula is C18H24FNO3. The smallest absolute Gasteiger partial charge is 0.217 e. The van der Waals surface area contributed by atoms with Gasteiger partial charge in [-0.05, 0) is 25.3 Å². The lowest BCUT2D eigenvalue weighted by Crippen LogP contribution is -2.50. The molecule has 126 valence electrons. The molecule has 1 aromatic rings. The molecule has 1 aliphatic heterocycles. The first-order chi connectivity index (χ1) is 11.1. The summed E-state index contributed by atoms with van der Waals surface area (Å²) in [5.41, 5.74) is 0.517. The van der Waals surface area contributed by atoms with E-state index in [-0.39, 0.29) is 35.7 Å². The maximum Gasteiger partial charge on any atom is 0.217 e. The topological polar surface area (TPSA) is 47.6 Å². The summed E-state index contributed by atoms with van der Waals surface area (Å²) < 4.78 is 25.9. The molecule has 1 amide bonds. The highest BCUT2D eigenvalue weighted by Crippen LogP contribution is 2.42. The van der Waals surface area contributed by atoms with Crippen molar-refractivity contribution >= 4 is 5.91 Å². The molecule has 0 unspecified atom stereocenters. The fraction of sp³-hybridized carbons (Fsp3) is 0.611. The average molecular weight is 321 g/mol. The summed E-state index contributed by atoms with van der Waals surface area (Å²) in [6.45, 7) is 1.54. The predicted octanol–water partition coefficient (Wildman–Crippen LogP) is 3.36. The quantitative estimate of drug-likeness (QED) is 0.928. The molecule has 3 rings (SSSR count). The summed E-state index contributed by atoms with van der Waals surface area (Å²) in [6, 6.07) is 5.18. The van der Waals surface area contributed by atoms with Crippen LogP contribution in [0.1, 0.15) is 50.7 Å².